The Morgan fingerprint density at radius 1 is 1.20 bits per heavy atom. The highest BCUT2D eigenvalue weighted by Gasteiger charge is 2.31. The number of nitrogens with two attached hydrogens (primary N) is 1. The Hall–Kier alpha value is -2.76. The maximum Gasteiger partial charge on any atom is 0.416 e. The van der Waals surface area contributed by atoms with E-state index >= 15 is 0 Å². The van der Waals surface area contributed by atoms with Gasteiger partial charge in [-0.3, -0.25) is 0 Å². The van der Waals surface area contributed by atoms with Gasteiger partial charge in [0.1, 0.15) is 0 Å². The number of allylic oxidation sites excluding steroid dienone is 8. The molecule has 0 fully saturated rings. The Bertz CT molecular complexity index is 799. The molecular formula is C19H18F3NO2. The third-order valence-corrected chi connectivity index (χ3v) is 3.82. The summed E-state index contributed by atoms with van der Waals surface area (Å²) in [7, 11) is 1.26. The molecule has 0 atom stereocenters. The SMILES string of the molecule is CCC1=CC=C(C(F)(F)F)C=CC=C1c1ccc(C(=O)OC)c(N)c1. The summed E-state index contributed by atoms with van der Waals surface area (Å²) in [4.78, 5) is 11.6. The quantitative estimate of drug-likeness (QED) is 0.628. The van der Waals surface area contributed by atoms with Crippen LogP contribution in [0.2, 0.25) is 0 Å². The number of ether oxygens (including phenoxy) is 1. The van der Waals surface area contributed by atoms with Crippen LogP contribution in [0.15, 0.2) is 59.7 Å². The van der Waals surface area contributed by atoms with E-state index in [9.17, 15) is 18.0 Å². The van der Waals surface area contributed by atoms with Crippen molar-refractivity contribution in [1.82, 2.24) is 0 Å². The van der Waals surface area contributed by atoms with Gasteiger partial charge in [0.05, 0.1) is 18.2 Å². The largest absolute Gasteiger partial charge is 0.465 e. The Kier molecular flexibility index (Phi) is 5.51. The number of esters is 1. The molecule has 2 rings (SSSR count). The normalized spacial score (nSPS) is 14.8. The van der Waals surface area contributed by atoms with E-state index in [-0.39, 0.29) is 11.3 Å². The minimum Gasteiger partial charge on any atom is -0.465 e. The van der Waals surface area contributed by atoms with Crippen LogP contribution in [0.3, 0.4) is 0 Å². The average molecular weight is 349 g/mol. The molecule has 1 aromatic rings. The van der Waals surface area contributed by atoms with Gasteiger partial charge in [-0.1, -0.05) is 37.3 Å². The number of hydrogen-bond donors (Lipinski definition) is 1. The van der Waals surface area contributed by atoms with Crippen molar-refractivity contribution in [3.8, 4) is 0 Å². The fourth-order valence-corrected chi connectivity index (χ4v) is 2.50. The van der Waals surface area contributed by atoms with Crippen LogP contribution < -0.4 is 5.73 Å². The third-order valence-electron chi connectivity index (χ3n) is 3.82. The average Bonchev–Trinajstić information content (AvgIpc) is 2.53. The molecule has 0 aromatic heterocycles. The summed E-state index contributed by atoms with van der Waals surface area (Å²) in [5, 5.41) is 0. The molecule has 6 heteroatoms. The molecule has 3 nitrogen and oxygen atoms in total. The summed E-state index contributed by atoms with van der Waals surface area (Å²) < 4.78 is 43.3. The van der Waals surface area contributed by atoms with Crippen molar-refractivity contribution in [3.05, 3.63) is 70.9 Å². The number of alkyl halides is 3. The van der Waals surface area contributed by atoms with E-state index in [1.54, 1.807) is 24.3 Å². The van der Waals surface area contributed by atoms with Crippen LogP contribution in [0.25, 0.3) is 5.57 Å². The molecule has 0 heterocycles. The van der Waals surface area contributed by atoms with Crippen molar-refractivity contribution in [2.75, 3.05) is 12.8 Å². The number of carbonyl (C=O) groups is 1. The molecule has 0 bridgehead atoms. The van der Waals surface area contributed by atoms with Crippen LogP contribution in [0.4, 0.5) is 18.9 Å². The summed E-state index contributed by atoms with van der Waals surface area (Å²) >= 11 is 0. The van der Waals surface area contributed by atoms with Crippen LogP contribution in [0.1, 0.15) is 29.3 Å². The van der Waals surface area contributed by atoms with Crippen molar-refractivity contribution in [1.29, 1.82) is 0 Å². The van der Waals surface area contributed by atoms with Gasteiger partial charge in [0.2, 0.25) is 0 Å². The lowest BCUT2D eigenvalue weighted by atomic mass is 9.92. The molecule has 0 saturated carbocycles. The molecule has 2 N–H and O–H groups in total. The van der Waals surface area contributed by atoms with E-state index in [4.69, 9.17) is 5.73 Å². The molecule has 1 aliphatic carbocycles. The first kappa shape index (κ1) is 18.6. The minimum absolute atomic E-state index is 0.245. The van der Waals surface area contributed by atoms with E-state index in [2.05, 4.69) is 4.74 Å². The second-order valence-corrected chi connectivity index (χ2v) is 5.40. The molecule has 1 aliphatic rings. The van der Waals surface area contributed by atoms with E-state index in [0.29, 0.717) is 12.0 Å². The first-order chi connectivity index (χ1) is 11.8. The fourth-order valence-electron chi connectivity index (χ4n) is 2.50. The summed E-state index contributed by atoms with van der Waals surface area (Å²) in [5.41, 5.74) is 7.89. The van der Waals surface area contributed by atoms with Gasteiger partial charge in [0.25, 0.3) is 0 Å². The van der Waals surface area contributed by atoms with E-state index in [1.165, 1.54) is 19.3 Å². The van der Waals surface area contributed by atoms with Crippen LogP contribution in [-0.2, 0) is 4.74 Å². The summed E-state index contributed by atoms with van der Waals surface area (Å²) in [6, 6.07) is 4.86. The van der Waals surface area contributed by atoms with Gasteiger partial charge in [0.15, 0.2) is 0 Å². The summed E-state index contributed by atoms with van der Waals surface area (Å²) in [6.07, 6.45) is 2.67. The number of methoxy groups -OCH3 is 1. The van der Waals surface area contributed by atoms with E-state index < -0.39 is 17.7 Å². The van der Waals surface area contributed by atoms with Gasteiger partial charge >= 0.3 is 12.1 Å². The smallest absolute Gasteiger partial charge is 0.416 e. The monoisotopic (exact) mass is 349 g/mol. The molecule has 25 heavy (non-hydrogen) atoms. The standard InChI is InChI=1S/C19H18F3NO2/c1-3-12-7-9-14(19(20,21)22)5-4-6-15(12)13-8-10-16(17(23)11-13)18(24)25-2/h4-11H,3,23H2,1-2H3. The zero-order valence-electron chi connectivity index (χ0n) is 13.9. The minimum atomic E-state index is -4.40. The molecule has 0 radical (unpaired) electrons. The summed E-state index contributed by atoms with van der Waals surface area (Å²) in [6.45, 7) is 1.86. The number of benzene rings is 1. The fraction of sp³-hybridized carbons (Fsp3) is 0.211. The lowest BCUT2D eigenvalue weighted by Gasteiger charge is -2.15. The third kappa shape index (κ3) is 4.21. The van der Waals surface area contributed by atoms with E-state index in [0.717, 1.165) is 23.3 Å². The molecule has 0 amide bonds. The van der Waals surface area contributed by atoms with Crippen LogP contribution in [0, 0.1) is 0 Å². The molecule has 0 saturated heterocycles. The number of rotatable bonds is 3. The van der Waals surface area contributed by atoms with Crippen molar-refractivity contribution in [3.63, 3.8) is 0 Å². The zero-order valence-corrected chi connectivity index (χ0v) is 13.9. The van der Waals surface area contributed by atoms with Crippen LogP contribution in [-0.4, -0.2) is 19.3 Å². The number of anilines is 1. The van der Waals surface area contributed by atoms with Crippen LogP contribution in [0.5, 0.6) is 0 Å². The predicted molar refractivity (Wildman–Crippen MR) is 91.8 cm³/mol. The highest BCUT2D eigenvalue weighted by atomic mass is 19.4. The second-order valence-electron chi connectivity index (χ2n) is 5.40. The lowest BCUT2D eigenvalue weighted by Crippen LogP contribution is -2.10. The highest BCUT2D eigenvalue weighted by molar-refractivity contribution is 5.96. The topological polar surface area (TPSA) is 52.3 Å². The Morgan fingerprint density at radius 2 is 1.92 bits per heavy atom. The molecule has 0 unspecified atom stereocenters. The first-order valence-electron chi connectivity index (χ1n) is 7.63. The lowest BCUT2D eigenvalue weighted by molar-refractivity contribution is -0.0881. The van der Waals surface area contributed by atoms with Crippen LogP contribution >= 0.6 is 0 Å². The number of nitrogen functional groups attached to an aromatic ring is 1. The summed E-state index contributed by atoms with van der Waals surface area (Å²) in [5.74, 6) is -0.542. The molecule has 0 spiro atoms. The van der Waals surface area contributed by atoms with Gasteiger partial charge in [-0.15, -0.1) is 0 Å². The van der Waals surface area contributed by atoms with Gasteiger partial charge in [-0.05, 0) is 41.3 Å². The van der Waals surface area contributed by atoms with E-state index in [1.807, 2.05) is 6.92 Å². The predicted octanol–water partition coefficient (Wildman–Crippen LogP) is 4.83. The maximum absolute atomic E-state index is 12.9. The number of halogens is 3. The molecular weight excluding hydrogens is 331 g/mol. The Balaban J connectivity index is 2.46. The number of hydrogen-bond acceptors (Lipinski definition) is 3. The van der Waals surface area contributed by atoms with Gasteiger partial charge in [-0.25, -0.2) is 4.79 Å². The van der Waals surface area contributed by atoms with Gasteiger partial charge < -0.3 is 10.5 Å². The van der Waals surface area contributed by atoms with Crippen molar-refractivity contribution in [2.24, 2.45) is 0 Å². The molecule has 1 aromatic carbocycles. The Labute approximate surface area is 144 Å². The maximum atomic E-state index is 12.9. The van der Waals surface area contributed by atoms with Crippen molar-refractivity contribution >= 4 is 17.2 Å². The van der Waals surface area contributed by atoms with Crippen molar-refractivity contribution in [2.45, 2.75) is 19.5 Å². The first-order valence-corrected chi connectivity index (χ1v) is 7.63. The van der Waals surface area contributed by atoms with Gasteiger partial charge in [0, 0.05) is 5.69 Å². The Morgan fingerprint density at radius 3 is 2.48 bits per heavy atom. The van der Waals surface area contributed by atoms with Crippen molar-refractivity contribution < 1.29 is 22.7 Å². The molecule has 0 aliphatic heterocycles. The number of carbonyl (C=O) groups excluding carboxylic acids is 1. The zero-order chi connectivity index (χ0) is 18.6. The highest BCUT2D eigenvalue weighted by Crippen LogP contribution is 2.32. The second kappa shape index (κ2) is 7.42. The molecule has 132 valence electrons. The van der Waals surface area contributed by atoms with Gasteiger partial charge in [-0.2, -0.15) is 13.2 Å².